The van der Waals surface area contributed by atoms with Crippen molar-refractivity contribution < 1.29 is 18.8 Å². The van der Waals surface area contributed by atoms with Gasteiger partial charge in [0.05, 0.1) is 11.1 Å². The fraction of sp³-hybridized carbons (Fsp3) is 0.243. The van der Waals surface area contributed by atoms with Crippen molar-refractivity contribution in [2.24, 2.45) is 0 Å². The van der Waals surface area contributed by atoms with E-state index in [0.29, 0.717) is 30.3 Å². The third kappa shape index (κ3) is 6.25. The fourth-order valence-corrected chi connectivity index (χ4v) is 5.62. The molecule has 6 heteroatoms. The second kappa shape index (κ2) is 12.7. The molecule has 4 aromatic carbocycles. The number of aldehydes is 1. The lowest BCUT2D eigenvalue weighted by Gasteiger charge is -2.25. The number of carbonyl (C=O) groups excluding carboxylic acids is 1. The summed E-state index contributed by atoms with van der Waals surface area (Å²) in [6, 6.07) is 30.6. The summed E-state index contributed by atoms with van der Waals surface area (Å²) < 4.78 is 18.8. The summed E-state index contributed by atoms with van der Waals surface area (Å²) in [5.74, 6) is 2.02. The van der Waals surface area contributed by atoms with E-state index in [0.717, 1.165) is 59.4 Å². The number of ether oxygens (including phenoxy) is 2. The molecule has 0 amide bonds. The molecule has 0 saturated carbocycles. The van der Waals surface area contributed by atoms with Crippen molar-refractivity contribution in [3.05, 3.63) is 125 Å². The highest BCUT2D eigenvalue weighted by atomic mass is 16.5. The number of benzene rings is 4. The molecule has 0 spiro atoms. The first-order chi connectivity index (χ1) is 21.0. The molecule has 1 aromatic heterocycles. The Morgan fingerprint density at radius 2 is 1.53 bits per heavy atom. The van der Waals surface area contributed by atoms with Crippen molar-refractivity contribution in [2.75, 3.05) is 13.6 Å². The van der Waals surface area contributed by atoms with Gasteiger partial charge in [-0.3, -0.25) is 4.79 Å². The van der Waals surface area contributed by atoms with Crippen molar-refractivity contribution in [2.45, 2.75) is 45.9 Å². The number of hydrogen-bond acceptors (Lipinski definition) is 6. The molecule has 2 heterocycles. The van der Waals surface area contributed by atoms with E-state index < -0.39 is 0 Å². The molecule has 5 aromatic rings. The van der Waals surface area contributed by atoms with E-state index in [-0.39, 0.29) is 11.6 Å². The van der Waals surface area contributed by atoms with Gasteiger partial charge in [0.15, 0.2) is 17.7 Å². The highest BCUT2D eigenvalue weighted by Crippen LogP contribution is 2.44. The number of aromatic nitrogens is 1. The maximum absolute atomic E-state index is 12.2. The third-order valence-electron chi connectivity index (χ3n) is 7.98. The van der Waals surface area contributed by atoms with Crippen LogP contribution in [0.3, 0.4) is 0 Å². The smallest absolute Gasteiger partial charge is 0.179 e. The van der Waals surface area contributed by atoms with Crippen molar-refractivity contribution in [3.8, 4) is 33.9 Å². The molecule has 0 atom stereocenters. The van der Waals surface area contributed by atoms with Crippen LogP contribution in [0, 0.1) is 0 Å². The number of likely N-dealkylation sites (N-methyl/N-ethyl adjacent to an activating group) is 1. The third-order valence-corrected chi connectivity index (χ3v) is 7.98. The van der Waals surface area contributed by atoms with Crippen LogP contribution in [0.1, 0.15) is 58.1 Å². The van der Waals surface area contributed by atoms with Crippen molar-refractivity contribution in [3.63, 3.8) is 0 Å². The average Bonchev–Trinajstić information content (AvgIpc) is 3.47. The summed E-state index contributed by atoms with van der Waals surface area (Å²) in [4.78, 5) is 14.6. The van der Waals surface area contributed by atoms with Crippen molar-refractivity contribution >= 4 is 6.29 Å². The number of hydrogen-bond donors (Lipinski definition) is 0. The van der Waals surface area contributed by atoms with Crippen LogP contribution in [0.4, 0.5) is 0 Å². The van der Waals surface area contributed by atoms with Gasteiger partial charge in [0, 0.05) is 19.2 Å². The SMILES string of the molecule is CC(C)c1cc(-c2onc(C=O)c2-c2ccc3c(c2)CCN(C)C3)c(OCc2ccccc2)cc1OCc1ccccc1. The maximum atomic E-state index is 12.2. The Bertz CT molecular complexity index is 1710. The molecule has 0 fully saturated rings. The fourth-order valence-electron chi connectivity index (χ4n) is 5.62. The first-order valence-electron chi connectivity index (χ1n) is 14.8. The van der Waals surface area contributed by atoms with Crippen LogP contribution in [0.5, 0.6) is 11.5 Å². The van der Waals surface area contributed by atoms with Gasteiger partial charge in [-0.05, 0) is 58.8 Å². The summed E-state index contributed by atoms with van der Waals surface area (Å²) >= 11 is 0. The summed E-state index contributed by atoms with van der Waals surface area (Å²) in [5, 5.41) is 4.21. The van der Waals surface area contributed by atoms with Gasteiger partial charge >= 0.3 is 0 Å². The monoisotopic (exact) mass is 572 g/mol. The second-order valence-electron chi connectivity index (χ2n) is 11.5. The quantitative estimate of drug-likeness (QED) is 0.158. The Hall–Kier alpha value is -4.68. The largest absolute Gasteiger partial charge is 0.488 e. The highest BCUT2D eigenvalue weighted by molar-refractivity contribution is 5.93. The highest BCUT2D eigenvalue weighted by Gasteiger charge is 2.26. The Labute approximate surface area is 252 Å². The molecular weight excluding hydrogens is 536 g/mol. The molecule has 0 unspecified atom stereocenters. The molecule has 0 saturated heterocycles. The topological polar surface area (TPSA) is 64.8 Å². The van der Waals surface area contributed by atoms with Gasteiger partial charge in [0.25, 0.3) is 0 Å². The minimum Gasteiger partial charge on any atom is -0.488 e. The van der Waals surface area contributed by atoms with Crippen LogP contribution in [0.2, 0.25) is 0 Å². The van der Waals surface area contributed by atoms with Crippen molar-refractivity contribution in [1.29, 1.82) is 0 Å². The molecule has 1 aliphatic rings. The molecule has 0 radical (unpaired) electrons. The van der Waals surface area contributed by atoms with Gasteiger partial charge in [-0.2, -0.15) is 0 Å². The Morgan fingerprint density at radius 3 is 2.19 bits per heavy atom. The van der Waals surface area contributed by atoms with Crippen LogP contribution >= 0.6 is 0 Å². The standard InChI is InChI=1S/C37H36N2O4/c1-25(2)31-19-32(37-36(33(22-40)38-43-37)29-14-15-30-21-39(3)17-16-28(30)18-29)35(42-24-27-12-8-5-9-13-27)20-34(31)41-23-26-10-6-4-7-11-26/h4-15,18-20,22,25H,16-17,21,23-24H2,1-3H3. The number of fused-ring (bicyclic) bond motifs is 1. The second-order valence-corrected chi connectivity index (χ2v) is 11.5. The minimum absolute atomic E-state index is 0.158. The van der Waals surface area contributed by atoms with Crippen LogP contribution in [0.25, 0.3) is 22.5 Å². The van der Waals surface area contributed by atoms with Crippen molar-refractivity contribution in [1.82, 2.24) is 10.1 Å². The molecule has 6 nitrogen and oxygen atoms in total. The summed E-state index contributed by atoms with van der Waals surface area (Å²) in [6.45, 7) is 6.98. The van der Waals surface area contributed by atoms with Gasteiger partial charge in [0.2, 0.25) is 0 Å². The van der Waals surface area contributed by atoms with E-state index in [2.05, 4.69) is 67.3 Å². The summed E-state index contributed by atoms with van der Waals surface area (Å²) in [7, 11) is 2.13. The normalized spacial score (nSPS) is 13.1. The lowest BCUT2D eigenvalue weighted by Crippen LogP contribution is -2.26. The predicted octanol–water partition coefficient (Wildman–Crippen LogP) is 8.09. The van der Waals surface area contributed by atoms with Gasteiger partial charge in [-0.1, -0.05) is 97.9 Å². The minimum atomic E-state index is 0.158. The van der Waals surface area contributed by atoms with Gasteiger partial charge in [-0.15, -0.1) is 0 Å². The predicted molar refractivity (Wildman–Crippen MR) is 168 cm³/mol. The zero-order valence-corrected chi connectivity index (χ0v) is 24.9. The van der Waals surface area contributed by atoms with Crippen LogP contribution in [0.15, 0.2) is 95.5 Å². The molecule has 43 heavy (non-hydrogen) atoms. The first kappa shape index (κ1) is 28.4. The van der Waals surface area contributed by atoms with Gasteiger partial charge < -0.3 is 18.9 Å². The van der Waals surface area contributed by atoms with Crippen LogP contribution in [-0.4, -0.2) is 29.9 Å². The number of nitrogens with zero attached hydrogens (tertiary/aromatic N) is 2. The van der Waals surface area contributed by atoms with Gasteiger partial charge in [0.1, 0.15) is 24.7 Å². The Balaban J connectivity index is 1.46. The number of rotatable bonds is 10. The van der Waals surface area contributed by atoms with E-state index >= 15 is 0 Å². The first-order valence-corrected chi connectivity index (χ1v) is 14.8. The lowest BCUT2D eigenvalue weighted by molar-refractivity contribution is 0.111. The van der Waals surface area contributed by atoms with Crippen LogP contribution in [-0.2, 0) is 26.2 Å². The molecule has 0 aliphatic carbocycles. The van der Waals surface area contributed by atoms with E-state index in [4.69, 9.17) is 14.0 Å². The van der Waals surface area contributed by atoms with E-state index in [1.165, 1.54) is 11.1 Å². The molecule has 218 valence electrons. The molecular formula is C37H36N2O4. The molecule has 0 bridgehead atoms. The average molecular weight is 573 g/mol. The summed E-state index contributed by atoms with van der Waals surface area (Å²) in [6.07, 6.45) is 1.72. The zero-order valence-electron chi connectivity index (χ0n) is 24.9. The summed E-state index contributed by atoms with van der Waals surface area (Å²) in [5.41, 5.74) is 8.32. The Kier molecular flexibility index (Phi) is 8.38. The van der Waals surface area contributed by atoms with E-state index in [1.807, 2.05) is 54.6 Å². The van der Waals surface area contributed by atoms with Gasteiger partial charge in [-0.25, -0.2) is 0 Å². The molecule has 0 N–H and O–H groups in total. The molecule has 1 aliphatic heterocycles. The lowest BCUT2D eigenvalue weighted by atomic mass is 9.91. The zero-order chi connectivity index (χ0) is 29.8. The molecule has 6 rings (SSSR count). The van der Waals surface area contributed by atoms with E-state index in [9.17, 15) is 4.79 Å². The Morgan fingerprint density at radius 1 is 0.860 bits per heavy atom. The van der Waals surface area contributed by atoms with E-state index in [1.54, 1.807) is 0 Å². The number of carbonyl (C=O) groups is 1. The maximum Gasteiger partial charge on any atom is 0.179 e. The van der Waals surface area contributed by atoms with Crippen LogP contribution < -0.4 is 9.47 Å².